The second kappa shape index (κ2) is 298. The molecule has 164 valence electrons. The maximum Gasteiger partial charge on any atom is 0 e. The molecule has 0 bridgehead atoms. The molecule has 16 heteroatoms. The average Bonchev–Trinajstić information content (AvgIpc) is 0.918. The Balaban J connectivity index is -0.0000000000529. The van der Waals surface area contributed by atoms with Gasteiger partial charge >= 0.3 is 0 Å². The Bertz CT molecular complexity index is 31.0. The Kier molecular flexibility index (Phi) is 2750. The second-order valence-electron chi connectivity index (χ2n) is 0.577. The van der Waals surface area contributed by atoms with Crippen molar-refractivity contribution in [1.29, 1.82) is 0 Å². The SMILES string of the molecule is C[CH-]C.[CH3-].[CH3-].[CH3-].[CH3-].[CH3-].[CH3-].[CH3-].[CH3-].[CH3-].[CH3-].[CH3-].[CH3-].[Y].[Y].[Y].[Y].[Y].[Y].[Y].[Y].[Y].[Y].[Y].[Y].[Y].[Y].[Y].[Y]. The molecule has 0 aliphatic carbocycles. The smallest absolute Gasteiger partial charge is 0 e. The number of rotatable bonds is 0. The number of hydrogen-bond donors (Lipinski definition) is 0. The molecule has 0 aromatic carbocycles. The van der Waals surface area contributed by atoms with Crippen LogP contribution in [-0.2, 0) is 523 Å². The predicted molar refractivity (Wildman–Crippen MR) is 92.6 cm³/mol. The third-order valence-corrected chi connectivity index (χ3v) is 0. The van der Waals surface area contributed by atoms with E-state index in [9.17, 15) is 0 Å². The molecular formula is C15H43Y16-13. The summed E-state index contributed by atoms with van der Waals surface area (Å²) in [5.74, 6) is 0. The molecule has 0 amide bonds. The Hall–Kier alpha value is 17.7. The molecule has 0 fully saturated rings. The summed E-state index contributed by atoms with van der Waals surface area (Å²) in [7, 11) is 0. The first-order valence-electron chi connectivity index (χ1n) is 1.15. The van der Waals surface area contributed by atoms with Crippen LogP contribution in [0.3, 0.4) is 0 Å². The molecule has 0 rings (SSSR count). The molecule has 0 unspecified atom stereocenters. The molecule has 0 atom stereocenters. The standard InChI is InChI=1S/C3H7.12CH3.16Y/c1-3-2;;;;;;;;;;;;;;;;;;;;;;;;;;;;/h3H,1-2H3;12*1H3;;;;;;;;;;;;;;;;/q13*-1;;;;;;;;;;;;;;;;. The van der Waals surface area contributed by atoms with E-state index in [4.69, 9.17) is 0 Å². The summed E-state index contributed by atoms with van der Waals surface area (Å²) in [6.45, 7) is 4.00. The summed E-state index contributed by atoms with van der Waals surface area (Å²) < 4.78 is 0. The zero-order chi connectivity index (χ0) is 2.71. The first-order valence-corrected chi connectivity index (χ1v) is 1.15. The van der Waals surface area contributed by atoms with Crippen molar-refractivity contribution in [2.24, 2.45) is 0 Å². The van der Waals surface area contributed by atoms with E-state index in [1.165, 1.54) is 0 Å². The topological polar surface area (TPSA) is 0 Å². The average molecular weight is 1650 g/mol. The van der Waals surface area contributed by atoms with Crippen LogP contribution in [-0.4, -0.2) is 0 Å². The van der Waals surface area contributed by atoms with Gasteiger partial charge in [-0.25, -0.2) is 0 Å². The summed E-state index contributed by atoms with van der Waals surface area (Å²) in [4.78, 5) is 0. The maximum absolute atomic E-state index is 2.00. The monoisotopic (exact) mass is 1650 g/mol. The van der Waals surface area contributed by atoms with Crippen LogP contribution < -0.4 is 0 Å². The fourth-order valence-corrected chi connectivity index (χ4v) is 0. The van der Waals surface area contributed by atoms with Gasteiger partial charge in [0.15, 0.2) is 0 Å². The Morgan fingerprint density at radius 1 is 0.194 bits per heavy atom. The van der Waals surface area contributed by atoms with Gasteiger partial charge in [-0.1, -0.05) is 0 Å². The minimum Gasteiger partial charge on any atom is -0.358 e. The fourth-order valence-electron chi connectivity index (χ4n) is 0. The van der Waals surface area contributed by atoms with Crippen molar-refractivity contribution in [2.75, 3.05) is 0 Å². The van der Waals surface area contributed by atoms with E-state index >= 15 is 0 Å². The van der Waals surface area contributed by atoms with Gasteiger partial charge in [0, 0.05) is 523 Å². The quantitative estimate of drug-likeness (QED) is 0.241. The van der Waals surface area contributed by atoms with Gasteiger partial charge in [-0.3, -0.25) is 0 Å². The van der Waals surface area contributed by atoms with Gasteiger partial charge in [0.2, 0.25) is 0 Å². The molecule has 0 spiro atoms. The van der Waals surface area contributed by atoms with Gasteiger partial charge in [-0.15, -0.1) is 0 Å². The Morgan fingerprint density at radius 3 is 0.194 bits per heavy atom. The molecule has 0 nitrogen and oxygen atoms in total. The zero-order valence-electron chi connectivity index (χ0n) is 23.8. The van der Waals surface area contributed by atoms with Gasteiger partial charge in [-0.05, 0) is 0 Å². The molecule has 31 heavy (non-hydrogen) atoms. The summed E-state index contributed by atoms with van der Waals surface area (Å²) in [6.07, 6.45) is 2.00. The first-order chi connectivity index (χ1) is 1.41. The van der Waals surface area contributed by atoms with Crippen molar-refractivity contribution in [3.63, 3.8) is 0 Å². The van der Waals surface area contributed by atoms with Crippen molar-refractivity contribution in [1.82, 2.24) is 0 Å². The normalized spacial score (nSPS) is 0.581. The summed E-state index contributed by atoms with van der Waals surface area (Å²) >= 11 is 0. The molecule has 0 heterocycles. The van der Waals surface area contributed by atoms with Crippen LogP contribution in [0.15, 0.2) is 0 Å². The minimum absolute atomic E-state index is 0. The van der Waals surface area contributed by atoms with Gasteiger partial charge in [0.05, 0.1) is 0 Å². The van der Waals surface area contributed by atoms with E-state index < -0.39 is 0 Å². The van der Waals surface area contributed by atoms with E-state index in [-0.39, 0.29) is 612 Å². The molecule has 0 N–H and O–H groups in total. The van der Waals surface area contributed by atoms with E-state index in [0.717, 1.165) is 0 Å². The van der Waals surface area contributed by atoms with Crippen molar-refractivity contribution in [2.45, 2.75) is 13.8 Å². The van der Waals surface area contributed by atoms with Crippen LogP contribution in [0.1, 0.15) is 13.8 Å². The van der Waals surface area contributed by atoms with Crippen molar-refractivity contribution in [3.8, 4) is 0 Å². The summed E-state index contributed by atoms with van der Waals surface area (Å²) in [5, 5.41) is 0. The summed E-state index contributed by atoms with van der Waals surface area (Å²) in [6, 6.07) is 0. The van der Waals surface area contributed by atoms with E-state index in [1.807, 2.05) is 20.3 Å². The molecule has 0 saturated carbocycles. The molecular weight excluding hydrogens is 1600 g/mol. The third-order valence-electron chi connectivity index (χ3n) is 0. The van der Waals surface area contributed by atoms with Crippen LogP contribution in [0.25, 0.3) is 0 Å². The van der Waals surface area contributed by atoms with E-state index in [1.54, 1.807) is 0 Å². The van der Waals surface area contributed by atoms with Crippen molar-refractivity contribution >= 4 is 0 Å². The largest absolute Gasteiger partial charge is 0.358 e. The molecule has 16 radical (unpaired) electrons. The van der Waals surface area contributed by atoms with Gasteiger partial charge in [0.25, 0.3) is 0 Å². The first kappa shape index (κ1) is 286. The summed E-state index contributed by atoms with van der Waals surface area (Å²) in [5.41, 5.74) is 0. The molecule has 0 aliphatic rings. The van der Waals surface area contributed by atoms with Gasteiger partial charge in [-0.2, -0.15) is 13.8 Å². The van der Waals surface area contributed by atoms with Crippen LogP contribution >= 0.6 is 0 Å². The molecule has 0 aromatic rings. The van der Waals surface area contributed by atoms with Crippen molar-refractivity contribution < 1.29 is 523 Å². The van der Waals surface area contributed by atoms with Gasteiger partial charge < -0.3 is 95.5 Å². The second-order valence-corrected chi connectivity index (χ2v) is 0.577. The predicted octanol–water partition coefficient (Wildman–Crippen LogP) is 6.59. The van der Waals surface area contributed by atoms with Crippen LogP contribution in [0, 0.1) is 95.5 Å². The fraction of sp³-hybridized carbons (Fsp3) is 0.133. The molecule has 0 saturated heterocycles. The zero-order valence-corrected chi connectivity index (χ0v) is 69.2. The van der Waals surface area contributed by atoms with Crippen molar-refractivity contribution in [3.05, 3.63) is 95.5 Å². The van der Waals surface area contributed by atoms with Crippen LogP contribution in [0.4, 0.5) is 0 Å². The Morgan fingerprint density at radius 2 is 0.194 bits per heavy atom. The van der Waals surface area contributed by atoms with E-state index in [0.29, 0.717) is 0 Å². The van der Waals surface area contributed by atoms with Gasteiger partial charge in [0.1, 0.15) is 0 Å². The maximum atomic E-state index is 2.00. The number of hydrogen-bond acceptors (Lipinski definition) is 0. The third kappa shape index (κ3) is 319. The van der Waals surface area contributed by atoms with Crippen LogP contribution in [0.2, 0.25) is 0 Å². The molecule has 0 aromatic heterocycles. The van der Waals surface area contributed by atoms with E-state index in [2.05, 4.69) is 0 Å². The minimum atomic E-state index is 0. The molecule has 0 aliphatic heterocycles. The van der Waals surface area contributed by atoms with Crippen LogP contribution in [0.5, 0.6) is 0 Å². The Labute approximate surface area is 612 Å².